The smallest absolute Gasteiger partial charge is 0.248 e. The summed E-state index contributed by atoms with van der Waals surface area (Å²) in [6.45, 7) is 4.51. The zero-order chi connectivity index (χ0) is 20.4. The first-order chi connectivity index (χ1) is 14.1. The van der Waals surface area contributed by atoms with Crippen LogP contribution in [0.3, 0.4) is 0 Å². The summed E-state index contributed by atoms with van der Waals surface area (Å²) in [4.78, 5) is 19.1. The first-order valence-electron chi connectivity index (χ1n) is 9.92. The van der Waals surface area contributed by atoms with Crippen molar-refractivity contribution in [2.75, 3.05) is 0 Å². The van der Waals surface area contributed by atoms with Gasteiger partial charge in [-0.3, -0.25) is 9.78 Å². The number of rotatable bonds is 3. The molecule has 4 heteroatoms. The number of aromatic nitrogens is 2. The van der Waals surface area contributed by atoms with Crippen molar-refractivity contribution in [3.05, 3.63) is 93.7 Å². The predicted molar refractivity (Wildman–Crippen MR) is 115 cm³/mol. The maximum Gasteiger partial charge on any atom is 0.248 e. The van der Waals surface area contributed by atoms with Gasteiger partial charge in [-0.2, -0.15) is 5.26 Å². The lowest BCUT2D eigenvalue weighted by atomic mass is 9.71. The van der Waals surface area contributed by atoms with Crippen molar-refractivity contribution in [2.45, 2.75) is 26.2 Å². The van der Waals surface area contributed by atoms with Crippen LogP contribution in [0.4, 0.5) is 0 Å². The quantitative estimate of drug-likeness (QED) is 0.699. The van der Waals surface area contributed by atoms with Crippen molar-refractivity contribution in [3.8, 4) is 17.2 Å². The fourth-order valence-corrected chi connectivity index (χ4v) is 4.16. The van der Waals surface area contributed by atoms with Crippen LogP contribution in [0.25, 0.3) is 17.2 Å². The van der Waals surface area contributed by atoms with Gasteiger partial charge in [-0.15, -0.1) is 0 Å². The molecule has 0 fully saturated rings. The minimum Gasteiger partial charge on any atom is -0.329 e. The summed E-state index contributed by atoms with van der Waals surface area (Å²) in [7, 11) is 0. The fraction of sp³-hybridized carbons (Fsp3) is 0.240. The molecule has 3 atom stereocenters. The molecule has 0 spiro atoms. The van der Waals surface area contributed by atoms with Crippen LogP contribution in [-0.4, -0.2) is 9.97 Å². The van der Waals surface area contributed by atoms with E-state index < -0.39 is 0 Å². The molecule has 2 heterocycles. The lowest BCUT2D eigenvalue weighted by Gasteiger charge is -2.34. The monoisotopic (exact) mass is 381 g/mol. The molecule has 0 radical (unpaired) electrons. The highest BCUT2D eigenvalue weighted by Gasteiger charge is 2.30. The van der Waals surface area contributed by atoms with Crippen LogP contribution in [0.1, 0.15) is 42.1 Å². The normalized spacial score (nSPS) is 20.9. The van der Waals surface area contributed by atoms with E-state index >= 15 is 0 Å². The van der Waals surface area contributed by atoms with Crippen LogP contribution >= 0.6 is 0 Å². The van der Waals surface area contributed by atoms with Gasteiger partial charge in [0.05, 0.1) is 17.3 Å². The largest absolute Gasteiger partial charge is 0.329 e. The van der Waals surface area contributed by atoms with Gasteiger partial charge in [0.1, 0.15) is 0 Å². The van der Waals surface area contributed by atoms with Crippen LogP contribution in [0.2, 0.25) is 0 Å². The predicted octanol–water partition coefficient (Wildman–Crippen LogP) is 4.93. The Bertz CT molecular complexity index is 1150. The third kappa shape index (κ3) is 3.77. The van der Waals surface area contributed by atoms with Crippen molar-refractivity contribution >= 4 is 6.08 Å². The molecule has 0 bridgehead atoms. The molecule has 1 N–H and O–H groups in total. The second kappa shape index (κ2) is 7.89. The molecule has 4 rings (SSSR count). The Balaban J connectivity index is 1.61. The van der Waals surface area contributed by atoms with Gasteiger partial charge in [-0.25, -0.2) is 0 Å². The molecule has 3 aromatic rings. The molecule has 2 aromatic heterocycles. The van der Waals surface area contributed by atoms with Gasteiger partial charge in [0.15, 0.2) is 0 Å². The van der Waals surface area contributed by atoms with E-state index in [4.69, 9.17) is 0 Å². The molecular weight excluding hydrogens is 358 g/mol. The summed E-state index contributed by atoms with van der Waals surface area (Å²) in [6, 6.07) is 15.5. The highest BCUT2D eigenvalue weighted by molar-refractivity contribution is 5.70. The Morgan fingerprint density at radius 2 is 2.03 bits per heavy atom. The molecule has 144 valence electrons. The topological polar surface area (TPSA) is 69.5 Å². The van der Waals surface area contributed by atoms with E-state index in [0.29, 0.717) is 17.4 Å². The van der Waals surface area contributed by atoms with Crippen molar-refractivity contribution in [1.29, 1.82) is 5.26 Å². The van der Waals surface area contributed by atoms with Crippen LogP contribution in [0.15, 0.2) is 65.7 Å². The molecule has 0 unspecified atom stereocenters. The molecule has 4 nitrogen and oxygen atoms in total. The van der Waals surface area contributed by atoms with E-state index in [1.807, 2.05) is 54.9 Å². The Kier molecular flexibility index (Phi) is 5.14. The fourth-order valence-electron chi connectivity index (χ4n) is 4.16. The zero-order valence-corrected chi connectivity index (χ0v) is 16.6. The second-order valence-electron chi connectivity index (χ2n) is 7.83. The lowest BCUT2D eigenvalue weighted by molar-refractivity contribution is 0.331. The van der Waals surface area contributed by atoms with E-state index in [9.17, 15) is 10.1 Å². The second-order valence-corrected chi connectivity index (χ2v) is 7.83. The van der Waals surface area contributed by atoms with Gasteiger partial charge in [0.25, 0.3) is 0 Å². The molecule has 1 aliphatic rings. The molecular formula is C25H23N3O. The first-order valence-corrected chi connectivity index (χ1v) is 9.92. The Hall–Kier alpha value is -3.45. The SMILES string of the molecule is C[C@H]1[C@H](/C=C/c2ccc(-c3ccccc3C#N)cn2)c2c[nH]c(=O)cc2C[C@@H]1C. The zero-order valence-electron chi connectivity index (χ0n) is 16.6. The number of pyridine rings is 2. The Labute approximate surface area is 170 Å². The summed E-state index contributed by atoms with van der Waals surface area (Å²) in [6.07, 6.45) is 8.87. The lowest BCUT2D eigenvalue weighted by Crippen LogP contribution is -2.26. The van der Waals surface area contributed by atoms with Crippen LogP contribution in [-0.2, 0) is 6.42 Å². The van der Waals surface area contributed by atoms with Gasteiger partial charge in [-0.1, -0.05) is 44.2 Å². The van der Waals surface area contributed by atoms with Crippen LogP contribution in [0, 0.1) is 23.2 Å². The van der Waals surface area contributed by atoms with Gasteiger partial charge < -0.3 is 4.98 Å². The minimum absolute atomic E-state index is 0.0388. The maximum absolute atomic E-state index is 11.7. The van der Waals surface area contributed by atoms with Gasteiger partial charge in [0.2, 0.25) is 5.56 Å². The van der Waals surface area contributed by atoms with Crippen LogP contribution in [0.5, 0.6) is 0 Å². The number of nitriles is 1. The van der Waals surface area contributed by atoms with Crippen molar-refractivity contribution in [1.82, 2.24) is 9.97 Å². The first kappa shape index (κ1) is 18.9. The molecule has 0 aliphatic heterocycles. The highest BCUT2D eigenvalue weighted by Crippen LogP contribution is 2.39. The van der Waals surface area contributed by atoms with Crippen LogP contribution < -0.4 is 5.56 Å². The third-order valence-corrected chi connectivity index (χ3v) is 6.03. The number of aromatic amines is 1. The maximum atomic E-state index is 11.7. The molecule has 0 saturated heterocycles. The Morgan fingerprint density at radius 1 is 1.21 bits per heavy atom. The van der Waals surface area contributed by atoms with Gasteiger partial charge >= 0.3 is 0 Å². The third-order valence-electron chi connectivity index (χ3n) is 6.03. The number of fused-ring (bicyclic) bond motifs is 1. The summed E-state index contributed by atoms with van der Waals surface area (Å²) >= 11 is 0. The number of H-pyrrole nitrogens is 1. The average Bonchev–Trinajstić information content (AvgIpc) is 2.74. The number of allylic oxidation sites excluding steroid dienone is 1. The molecule has 0 saturated carbocycles. The highest BCUT2D eigenvalue weighted by atomic mass is 16.1. The van der Waals surface area contributed by atoms with Crippen molar-refractivity contribution in [2.24, 2.45) is 11.8 Å². The van der Waals surface area contributed by atoms with Crippen molar-refractivity contribution < 1.29 is 0 Å². The minimum atomic E-state index is -0.0388. The van der Waals surface area contributed by atoms with E-state index in [0.717, 1.165) is 28.8 Å². The molecule has 0 amide bonds. The van der Waals surface area contributed by atoms with E-state index in [-0.39, 0.29) is 11.5 Å². The summed E-state index contributed by atoms with van der Waals surface area (Å²) in [5, 5.41) is 9.30. The number of nitrogens with one attached hydrogen (secondary N) is 1. The Morgan fingerprint density at radius 3 is 2.79 bits per heavy atom. The van der Waals surface area contributed by atoms with E-state index in [1.54, 1.807) is 6.07 Å². The van der Waals surface area contributed by atoms with E-state index in [2.05, 4.69) is 36.0 Å². The number of benzene rings is 1. The van der Waals surface area contributed by atoms with Gasteiger partial charge in [0, 0.05) is 35.5 Å². The van der Waals surface area contributed by atoms with Gasteiger partial charge in [-0.05, 0) is 47.6 Å². The number of hydrogen-bond donors (Lipinski definition) is 1. The molecule has 1 aromatic carbocycles. The summed E-state index contributed by atoms with van der Waals surface area (Å²) < 4.78 is 0. The average molecular weight is 381 g/mol. The van der Waals surface area contributed by atoms with Crippen molar-refractivity contribution in [3.63, 3.8) is 0 Å². The summed E-state index contributed by atoms with van der Waals surface area (Å²) in [5.41, 5.74) is 5.65. The summed E-state index contributed by atoms with van der Waals surface area (Å²) in [5.74, 6) is 1.23. The molecule has 29 heavy (non-hydrogen) atoms. The standard InChI is InChI=1S/C25H23N3O/c1-16-11-20-12-25(29)28-15-24(20)22(17(16)2)10-9-21-8-7-19(14-27-21)23-6-4-3-5-18(23)13-26/h3-10,12,14-17,22H,11H2,1-2H3,(H,28,29)/b10-9+/t16-,17+,22-/m0/s1. The van der Waals surface area contributed by atoms with E-state index in [1.165, 1.54) is 5.56 Å². The molecule has 1 aliphatic carbocycles. The number of hydrogen-bond acceptors (Lipinski definition) is 3. The number of nitrogens with zero attached hydrogens (tertiary/aromatic N) is 2.